The van der Waals surface area contributed by atoms with E-state index >= 15 is 0 Å². The summed E-state index contributed by atoms with van der Waals surface area (Å²) >= 11 is 0. The van der Waals surface area contributed by atoms with Crippen LogP contribution in [-0.2, 0) is 11.2 Å². The average molecular weight is 354 g/mol. The number of likely N-dealkylation sites (tertiary alicyclic amines) is 1. The molecule has 3 amide bonds. The molecule has 0 spiro atoms. The predicted octanol–water partition coefficient (Wildman–Crippen LogP) is 2.55. The molecule has 6 heteroatoms. The van der Waals surface area contributed by atoms with Gasteiger partial charge in [-0.15, -0.1) is 0 Å². The highest BCUT2D eigenvalue weighted by Crippen LogP contribution is 2.21. The molecule has 1 aliphatic carbocycles. The number of hydrogen-bond donors (Lipinski definition) is 3. The largest absolute Gasteiger partial charge is 0.361 e. The molecule has 1 saturated carbocycles. The molecule has 2 heterocycles. The van der Waals surface area contributed by atoms with Crippen molar-refractivity contribution < 1.29 is 9.59 Å². The van der Waals surface area contributed by atoms with Crippen molar-refractivity contribution >= 4 is 22.8 Å². The number of piperidine rings is 1. The summed E-state index contributed by atoms with van der Waals surface area (Å²) in [5.74, 6) is 0.0286. The van der Waals surface area contributed by atoms with Crippen LogP contribution in [0.25, 0.3) is 10.9 Å². The van der Waals surface area contributed by atoms with Crippen molar-refractivity contribution in [1.82, 2.24) is 20.5 Å². The van der Waals surface area contributed by atoms with Gasteiger partial charge in [-0.05, 0) is 43.7 Å². The Morgan fingerprint density at radius 3 is 2.69 bits per heavy atom. The standard InChI is InChI=1S/C20H26N4O2/c25-19(24-10-4-1-5-11-24)18(23-20(26)22-15-8-9-15)12-14-13-21-17-7-3-2-6-16(14)17/h2-3,6-7,13,15,18,21H,1,4-5,8-12H2,(H2,22,23,26)/t18-/m0/s1. The third-order valence-electron chi connectivity index (χ3n) is 5.28. The van der Waals surface area contributed by atoms with Crippen LogP contribution >= 0.6 is 0 Å². The van der Waals surface area contributed by atoms with Gasteiger partial charge in [0.1, 0.15) is 6.04 Å². The number of fused-ring (bicyclic) bond motifs is 1. The van der Waals surface area contributed by atoms with Crippen LogP contribution in [-0.4, -0.2) is 47.0 Å². The van der Waals surface area contributed by atoms with Crippen LogP contribution in [0.1, 0.15) is 37.7 Å². The van der Waals surface area contributed by atoms with E-state index in [1.165, 1.54) is 6.42 Å². The Kier molecular flexibility index (Phi) is 4.82. The molecular formula is C20H26N4O2. The number of nitrogens with one attached hydrogen (secondary N) is 3. The minimum Gasteiger partial charge on any atom is -0.361 e. The molecule has 0 radical (unpaired) electrons. The SMILES string of the molecule is O=C(NC1CC1)N[C@@H](Cc1c[nH]c2ccccc12)C(=O)N1CCCCC1. The minimum absolute atomic E-state index is 0.0286. The number of urea groups is 1. The Morgan fingerprint density at radius 2 is 1.92 bits per heavy atom. The highest BCUT2D eigenvalue weighted by molar-refractivity contribution is 5.89. The van der Waals surface area contributed by atoms with Gasteiger partial charge in [-0.3, -0.25) is 4.79 Å². The maximum atomic E-state index is 13.1. The topological polar surface area (TPSA) is 77.2 Å². The fourth-order valence-electron chi connectivity index (χ4n) is 3.67. The van der Waals surface area contributed by atoms with E-state index in [1.807, 2.05) is 35.4 Å². The van der Waals surface area contributed by atoms with E-state index in [1.54, 1.807) is 0 Å². The van der Waals surface area contributed by atoms with E-state index in [-0.39, 0.29) is 18.0 Å². The van der Waals surface area contributed by atoms with Gasteiger partial charge in [-0.1, -0.05) is 18.2 Å². The molecule has 1 saturated heterocycles. The number of H-pyrrole nitrogens is 1. The third kappa shape index (κ3) is 3.84. The van der Waals surface area contributed by atoms with Crippen molar-refractivity contribution in [3.8, 4) is 0 Å². The van der Waals surface area contributed by atoms with E-state index in [9.17, 15) is 9.59 Å². The van der Waals surface area contributed by atoms with Gasteiger partial charge in [0.25, 0.3) is 0 Å². The lowest BCUT2D eigenvalue weighted by molar-refractivity contribution is -0.134. The fraction of sp³-hybridized carbons (Fsp3) is 0.500. The maximum absolute atomic E-state index is 13.1. The van der Waals surface area contributed by atoms with Gasteiger partial charge in [0.2, 0.25) is 5.91 Å². The van der Waals surface area contributed by atoms with E-state index in [0.29, 0.717) is 6.42 Å². The molecular weight excluding hydrogens is 328 g/mol. The van der Waals surface area contributed by atoms with E-state index in [4.69, 9.17) is 0 Å². The number of hydrogen-bond acceptors (Lipinski definition) is 2. The lowest BCUT2D eigenvalue weighted by Gasteiger charge is -2.30. The number of rotatable bonds is 5. The van der Waals surface area contributed by atoms with Gasteiger partial charge < -0.3 is 20.5 Å². The second kappa shape index (κ2) is 7.40. The summed E-state index contributed by atoms with van der Waals surface area (Å²) in [4.78, 5) is 30.5. The zero-order chi connectivity index (χ0) is 17.9. The molecule has 138 valence electrons. The maximum Gasteiger partial charge on any atom is 0.315 e. The van der Waals surface area contributed by atoms with Crippen LogP contribution < -0.4 is 10.6 Å². The first-order chi connectivity index (χ1) is 12.7. The highest BCUT2D eigenvalue weighted by Gasteiger charge is 2.30. The van der Waals surface area contributed by atoms with Gasteiger partial charge in [0.05, 0.1) is 0 Å². The molecule has 3 N–H and O–H groups in total. The number of benzene rings is 1. The molecule has 0 unspecified atom stereocenters. The summed E-state index contributed by atoms with van der Waals surface area (Å²) in [5, 5.41) is 6.97. The van der Waals surface area contributed by atoms with Gasteiger partial charge >= 0.3 is 6.03 Å². The van der Waals surface area contributed by atoms with Crippen molar-refractivity contribution in [3.05, 3.63) is 36.0 Å². The summed E-state index contributed by atoms with van der Waals surface area (Å²) in [6.07, 6.45) is 7.76. The summed E-state index contributed by atoms with van der Waals surface area (Å²) < 4.78 is 0. The number of aromatic amines is 1. The van der Waals surface area contributed by atoms with Crippen molar-refractivity contribution in [3.63, 3.8) is 0 Å². The average Bonchev–Trinajstić information content (AvgIpc) is 3.39. The van der Waals surface area contributed by atoms with Gasteiger partial charge in [0, 0.05) is 42.7 Å². The lowest BCUT2D eigenvalue weighted by atomic mass is 10.0. The fourth-order valence-corrected chi connectivity index (χ4v) is 3.67. The second-order valence-electron chi connectivity index (χ2n) is 7.39. The minimum atomic E-state index is -0.536. The van der Waals surface area contributed by atoms with E-state index in [0.717, 1.165) is 55.2 Å². The summed E-state index contributed by atoms with van der Waals surface area (Å²) in [6, 6.07) is 7.55. The molecule has 1 aromatic heterocycles. The normalized spacial score (nSPS) is 18.5. The van der Waals surface area contributed by atoms with Crippen molar-refractivity contribution in [2.75, 3.05) is 13.1 Å². The Morgan fingerprint density at radius 1 is 1.15 bits per heavy atom. The molecule has 0 bridgehead atoms. The number of carbonyl (C=O) groups is 2. The molecule has 6 nitrogen and oxygen atoms in total. The summed E-state index contributed by atoms with van der Waals surface area (Å²) in [5.41, 5.74) is 2.11. The molecule has 2 aromatic rings. The van der Waals surface area contributed by atoms with Crippen LogP contribution in [0.3, 0.4) is 0 Å². The van der Waals surface area contributed by atoms with Crippen LogP contribution in [0.2, 0.25) is 0 Å². The monoisotopic (exact) mass is 354 g/mol. The first-order valence-electron chi connectivity index (χ1n) is 9.61. The molecule has 2 aliphatic rings. The van der Waals surface area contributed by atoms with Gasteiger partial charge in [-0.2, -0.15) is 0 Å². The van der Waals surface area contributed by atoms with Crippen LogP contribution in [0, 0.1) is 0 Å². The number of nitrogens with zero attached hydrogens (tertiary/aromatic N) is 1. The first-order valence-corrected chi connectivity index (χ1v) is 9.61. The number of carbonyl (C=O) groups excluding carboxylic acids is 2. The predicted molar refractivity (Wildman–Crippen MR) is 101 cm³/mol. The third-order valence-corrected chi connectivity index (χ3v) is 5.28. The van der Waals surface area contributed by atoms with Crippen LogP contribution in [0.5, 0.6) is 0 Å². The number of para-hydroxylation sites is 1. The molecule has 4 rings (SSSR count). The molecule has 1 aromatic carbocycles. The zero-order valence-corrected chi connectivity index (χ0v) is 15.0. The number of aromatic nitrogens is 1. The van der Waals surface area contributed by atoms with Crippen LogP contribution in [0.4, 0.5) is 4.79 Å². The van der Waals surface area contributed by atoms with Crippen molar-refractivity contribution in [2.24, 2.45) is 0 Å². The van der Waals surface area contributed by atoms with Crippen LogP contribution in [0.15, 0.2) is 30.5 Å². The van der Waals surface area contributed by atoms with Crippen molar-refractivity contribution in [1.29, 1.82) is 0 Å². The molecule has 1 atom stereocenters. The lowest BCUT2D eigenvalue weighted by Crippen LogP contribution is -2.53. The zero-order valence-electron chi connectivity index (χ0n) is 15.0. The Bertz CT molecular complexity index is 790. The smallest absolute Gasteiger partial charge is 0.315 e. The Hall–Kier alpha value is -2.50. The summed E-state index contributed by atoms with van der Waals surface area (Å²) in [7, 11) is 0. The highest BCUT2D eigenvalue weighted by atomic mass is 16.2. The van der Waals surface area contributed by atoms with E-state index in [2.05, 4.69) is 15.6 Å². The number of amides is 3. The molecule has 1 aliphatic heterocycles. The van der Waals surface area contributed by atoms with E-state index < -0.39 is 6.04 Å². The molecule has 2 fully saturated rings. The Balaban J connectivity index is 1.52. The molecule has 26 heavy (non-hydrogen) atoms. The van der Waals surface area contributed by atoms with Crippen molar-refractivity contribution in [2.45, 2.75) is 50.6 Å². The Labute approximate surface area is 153 Å². The first kappa shape index (κ1) is 16.9. The summed E-state index contributed by atoms with van der Waals surface area (Å²) in [6.45, 7) is 1.57. The van der Waals surface area contributed by atoms with Gasteiger partial charge in [-0.25, -0.2) is 4.79 Å². The quantitative estimate of drug-likeness (QED) is 0.772. The van der Waals surface area contributed by atoms with Gasteiger partial charge in [0.15, 0.2) is 0 Å². The second-order valence-corrected chi connectivity index (χ2v) is 7.39.